The van der Waals surface area contributed by atoms with Crippen LogP contribution in [0.15, 0.2) is 30.7 Å². The number of imidazole rings is 1. The zero-order valence-electron chi connectivity index (χ0n) is 12.9. The molecule has 1 atom stereocenters. The Morgan fingerprint density at radius 3 is 3.18 bits per heavy atom. The highest BCUT2D eigenvalue weighted by Gasteiger charge is 2.21. The smallest absolute Gasteiger partial charge is 0.148 e. The van der Waals surface area contributed by atoms with E-state index in [9.17, 15) is 0 Å². The van der Waals surface area contributed by atoms with Gasteiger partial charge in [0.05, 0.1) is 19.3 Å². The van der Waals surface area contributed by atoms with E-state index in [0.717, 1.165) is 51.0 Å². The Morgan fingerprint density at radius 1 is 1.41 bits per heavy atom. The number of morpholine rings is 1. The van der Waals surface area contributed by atoms with Gasteiger partial charge in [-0.05, 0) is 19.1 Å². The normalized spacial score (nSPS) is 19.2. The molecule has 7 heteroatoms. The number of anilines is 1. The molecule has 1 fully saturated rings. The molecule has 7 nitrogen and oxygen atoms in total. The van der Waals surface area contributed by atoms with Crippen molar-refractivity contribution in [2.75, 3.05) is 31.6 Å². The zero-order chi connectivity index (χ0) is 15.2. The fourth-order valence-electron chi connectivity index (χ4n) is 2.64. The van der Waals surface area contributed by atoms with Crippen LogP contribution in [-0.2, 0) is 17.8 Å². The van der Waals surface area contributed by atoms with E-state index in [-0.39, 0.29) is 6.10 Å². The van der Waals surface area contributed by atoms with Gasteiger partial charge in [0.15, 0.2) is 0 Å². The molecule has 1 aliphatic heterocycles. The molecule has 0 spiro atoms. The molecule has 0 saturated carbocycles. The minimum atomic E-state index is 0.154. The molecule has 1 unspecified atom stereocenters. The summed E-state index contributed by atoms with van der Waals surface area (Å²) in [7, 11) is 0. The fraction of sp³-hybridized carbons (Fsp3) is 0.533. The molecular weight excluding hydrogens is 280 g/mol. The van der Waals surface area contributed by atoms with Crippen LogP contribution in [0.1, 0.15) is 12.7 Å². The van der Waals surface area contributed by atoms with Gasteiger partial charge in [-0.3, -0.25) is 4.90 Å². The number of nitrogens with zero attached hydrogens (tertiary/aromatic N) is 5. The number of aryl methyl sites for hydroxylation is 1. The topological polar surface area (TPSA) is 68.1 Å². The third-order valence-electron chi connectivity index (χ3n) is 3.81. The number of ether oxygens (including phenoxy) is 1. The van der Waals surface area contributed by atoms with Crippen LogP contribution in [0.25, 0.3) is 0 Å². The largest absolute Gasteiger partial charge is 0.374 e. The first-order valence-corrected chi connectivity index (χ1v) is 7.70. The quantitative estimate of drug-likeness (QED) is 0.859. The molecule has 1 N–H and O–H groups in total. The van der Waals surface area contributed by atoms with E-state index in [1.165, 1.54) is 0 Å². The maximum Gasteiger partial charge on any atom is 0.148 e. The van der Waals surface area contributed by atoms with Crippen LogP contribution in [-0.4, -0.2) is 57.0 Å². The van der Waals surface area contributed by atoms with Gasteiger partial charge in [0, 0.05) is 44.8 Å². The summed E-state index contributed by atoms with van der Waals surface area (Å²) in [4.78, 5) is 6.84. The van der Waals surface area contributed by atoms with E-state index in [4.69, 9.17) is 4.74 Å². The van der Waals surface area contributed by atoms with Crippen molar-refractivity contribution in [3.05, 3.63) is 36.5 Å². The maximum absolute atomic E-state index is 5.83. The second-order valence-electron chi connectivity index (χ2n) is 5.35. The summed E-state index contributed by atoms with van der Waals surface area (Å²) in [6.45, 7) is 7.28. The Kier molecular flexibility index (Phi) is 4.97. The lowest BCUT2D eigenvalue weighted by Crippen LogP contribution is -2.45. The average molecular weight is 302 g/mol. The van der Waals surface area contributed by atoms with Gasteiger partial charge in [0.1, 0.15) is 11.6 Å². The maximum atomic E-state index is 5.83. The lowest BCUT2D eigenvalue weighted by atomic mass is 10.2. The van der Waals surface area contributed by atoms with Crippen molar-refractivity contribution in [3.8, 4) is 0 Å². The summed E-state index contributed by atoms with van der Waals surface area (Å²) in [5.74, 6) is 1.90. The summed E-state index contributed by atoms with van der Waals surface area (Å²) < 4.78 is 8.01. The van der Waals surface area contributed by atoms with Crippen molar-refractivity contribution in [3.63, 3.8) is 0 Å². The van der Waals surface area contributed by atoms with E-state index in [1.807, 2.05) is 24.5 Å². The van der Waals surface area contributed by atoms with Crippen molar-refractivity contribution in [1.29, 1.82) is 0 Å². The lowest BCUT2D eigenvalue weighted by Gasteiger charge is -2.32. The van der Waals surface area contributed by atoms with Crippen LogP contribution in [0.2, 0.25) is 0 Å². The summed E-state index contributed by atoms with van der Waals surface area (Å²) in [5, 5.41) is 11.1. The summed E-state index contributed by atoms with van der Waals surface area (Å²) >= 11 is 0. The molecule has 3 rings (SSSR count). The van der Waals surface area contributed by atoms with Crippen LogP contribution >= 0.6 is 0 Å². The molecule has 1 saturated heterocycles. The van der Waals surface area contributed by atoms with Crippen LogP contribution in [0, 0.1) is 0 Å². The van der Waals surface area contributed by atoms with Gasteiger partial charge in [-0.2, -0.15) is 5.10 Å². The van der Waals surface area contributed by atoms with Gasteiger partial charge in [-0.25, -0.2) is 4.98 Å². The molecule has 118 valence electrons. The summed E-state index contributed by atoms with van der Waals surface area (Å²) in [5.41, 5.74) is 0. The Bertz CT molecular complexity index is 572. The van der Waals surface area contributed by atoms with Crippen molar-refractivity contribution < 1.29 is 4.74 Å². The first-order valence-electron chi connectivity index (χ1n) is 7.70. The molecule has 0 amide bonds. The second-order valence-corrected chi connectivity index (χ2v) is 5.35. The van der Waals surface area contributed by atoms with Gasteiger partial charge in [-0.15, -0.1) is 5.10 Å². The standard InChI is InChI=1S/C15H22N6O/c1-2-21-7-6-16-15(21)12-20-8-9-22-13(11-20)10-17-14-4-3-5-18-19-14/h3-7,13H,2,8-12H2,1H3,(H,17,19). The minimum absolute atomic E-state index is 0.154. The fourth-order valence-corrected chi connectivity index (χ4v) is 2.64. The monoisotopic (exact) mass is 302 g/mol. The molecule has 0 aromatic carbocycles. The number of rotatable bonds is 6. The Hall–Kier alpha value is -1.99. The van der Waals surface area contributed by atoms with Crippen molar-refractivity contribution in [2.24, 2.45) is 0 Å². The molecule has 1 aliphatic rings. The van der Waals surface area contributed by atoms with Gasteiger partial charge in [0.25, 0.3) is 0 Å². The predicted octanol–water partition coefficient (Wildman–Crippen LogP) is 1.01. The highest BCUT2D eigenvalue weighted by molar-refractivity contribution is 5.31. The summed E-state index contributed by atoms with van der Waals surface area (Å²) in [6.07, 6.45) is 5.72. The highest BCUT2D eigenvalue weighted by Crippen LogP contribution is 2.10. The lowest BCUT2D eigenvalue weighted by molar-refractivity contribution is -0.0251. The SMILES string of the molecule is CCn1ccnc1CN1CCOC(CNc2cccnn2)C1. The first-order chi connectivity index (χ1) is 10.8. The molecule has 0 radical (unpaired) electrons. The van der Waals surface area contributed by atoms with E-state index in [2.05, 4.69) is 36.9 Å². The van der Waals surface area contributed by atoms with Crippen LogP contribution in [0.3, 0.4) is 0 Å². The third-order valence-corrected chi connectivity index (χ3v) is 3.81. The Morgan fingerprint density at radius 2 is 2.36 bits per heavy atom. The zero-order valence-corrected chi connectivity index (χ0v) is 12.9. The Labute approximate surface area is 130 Å². The Balaban J connectivity index is 1.51. The second kappa shape index (κ2) is 7.33. The number of nitrogens with one attached hydrogen (secondary N) is 1. The summed E-state index contributed by atoms with van der Waals surface area (Å²) in [6, 6.07) is 3.78. The molecule has 2 aromatic rings. The molecule has 0 bridgehead atoms. The predicted molar refractivity (Wildman–Crippen MR) is 83.4 cm³/mol. The first kappa shape index (κ1) is 14.9. The van der Waals surface area contributed by atoms with Crippen molar-refractivity contribution in [1.82, 2.24) is 24.6 Å². The minimum Gasteiger partial charge on any atom is -0.374 e. The average Bonchev–Trinajstić information content (AvgIpc) is 3.01. The van der Waals surface area contributed by atoms with Crippen molar-refractivity contribution in [2.45, 2.75) is 26.1 Å². The molecule has 22 heavy (non-hydrogen) atoms. The van der Waals surface area contributed by atoms with Gasteiger partial charge in [-0.1, -0.05) is 0 Å². The van der Waals surface area contributed by atoms with Crippen LogP contribution < -0.4 is 5.32 Å². The van der Waals surface area contributed by atoms with Gasteiger partial charge < -0.3 is 14.6 Å². The van der Waals surface area contributed by atoms with Crippen LogP contribution in [0.5, 0.6) is 0 Å². The van der Waals surface area contributed by atoms with Crippen molar-refractivity contribution >= 4 is 5.82 Å². The van der Waals surface area contributed by atoms with E-state index >= 15 is 0 Å². The van der Waals surface area contributed by atoms with E-state index < -0.39 is 0 Å². The molecule has 0 aliphatic carbocycles. The highest BCUT2D eigenvalue weighted by atomic mass is 16.5. The number of hydrogen-bond donors (Lipinski definition) is 1. The molecule has 3 heterocycles. The number of aromatic nitrogens is 4. The third kappa shape index (κ3) is 3.80. The van der Waals surface area contributed by atoms with Gasteiger partial charge in [0.2, 0.25) is 0 Å². The van der Waals surface area contributed by atoms with E-state index in [0.29, 0.717) is 0 Å². The molecule has 2 aromatic heterocycles. The van der Waals surface area contributed by atoms with E-state index in [1.54, 1.807) is 6.20 Å². The van der Waals surface area contributed by atoms with Gasteiger partial charge >= 0.3 is 0 Å². The van der Waals surface area contributed by atoms with Crippen LogP contribution in [0.4, 0.5) is 5.82 Å². The number of hydrogen-bond acceptors (Lipinski definition) is 6. The molecular formula is C15H22N6O.